The number of halogens is 1. The zero-order valence-corrected chi connectivity index (χ0v) is 11.4. The number of hydrogen-bond acceptors (Lipinski definition) is 0. The minimum absolute atomic E-state index is 0.0856. The van der Waals surface area contributed by atoms with E-state index >= 15 is 0 Å². The van der Waals surface area contributed by atoms with Crippen LogP contribution in [0.2, 0.25) is 0 Å². The molecule has 2 aromatic rings. The van der Waals surface area contributed by atoms with Crippen LogP contribution in [0.1, 0.15) is 36.5 Å². The quantitative estimate of drug-likeness (QED) is 0.676. The van der Waals surface area contributed by atoms with Gasteiger partial charge in [0.15, 0.2) is 0 Å². The Morgan fingerprint density at radius 2 is 1.56 bits per heavy atom. The molecule has 0 unspecified atom stereocenters. The van der Waals surface area contributed by atoms with E-state index in [2.05, 4.69) is 6.07 Å². The van der Waals surface area contributed by atoms with E-state index in [0.717, 1.165) is 11.1 Å². The molecule has 0 amide bonds. The van der Waals surface area contributed by atoms with Gasteiger partial charge in [0.25, 0.3) is 0 Å². The smallest absolute Gasteiger partial charge is 0.134 e. The van der Waals surface area contributed by atoms with Crippen LogP contribution in [0.25, 0.3) is 11.1 Å². The van der Waals surface area contributed by atoms with Crippen molar-refractivity contribution in [3.05, 3.63) is 58.9 Å². The molecule has 0 aliphatic rings. The molecule has 2 rings (SSSR count). The Balaban J connectivity index is 2.60. The molecule has 0 aromatic heterocycles. The molecular weight excluding hydrogens is 223 g/mol. The van der Waals surface area contributed by atoms with Crippen molar-refractivity contribution < 1.29 is 4.39 Å². The van der Waals surface area contributed by atoms with Crippen molar-refractivity contribution in [2.45, 2.75) is 33.6 Å². The highest BCUT2D eigenvalue weighted by Crippen LogP contribution is 2.29. The first-order valence-corrected chi connectivity index (χ1v) is 6.36. The molecular formula is C17H19F. The molecule has 18 heavy (non-hydrogen) atoms. The van der Waals surface area contributed by atoms with E-state index < -0.39 is 0 Å². The van der Waals surface area contributed by atoms with Crippen molar-refractivity contribution >= 4 is 0 Å². The third-order valence-electron chi connectivity index (χ3n) is 3.18. The van der Waals surface area contributed by atoms with E-state index in [1.54, 1.807) is 0 Å². The first kappa shape index (κ1) is 12.8. The average Bonchev–Trinajstić information content (AvgIpc) is 2.27. The third-order valence-corrected chi connectivity index (χ3v) is 3.18. The molecule has 0 fully saturated rings. The summed E-state index contributed by atoms with van der Waals surface area (Å²) in [7, 11) is 0. The predicted octanol–water partition coefficient (Wildman–Crippen LogP) is 5.23. The lowest BCUT2D eigenvalue weighted by atomic mass is 9.95. The van der Waals surface area contributed by atoms with Crippen molar-refractivity contribution in [2.75, 3.05) is 0 Å². The highest BCUT2D eigenvalue weighted by molar-refractivity contribution is 5.66. The molecule has 0 atom stereocenters. The summed E-state index contributed by atoms with van der Waals surface area (Å²) in [5.41, 5.74) is 4.78. The number of aryl methyl sites for hydroxylation is 2. The lowest BCUT2D eigenvalue weighted by Crippen LogP contribution is -1.96. The molecule has 0 aliphatic carbocycles. The van der Waals surface area contributed by atoms with E-state index in [1.165, 1.54) is 11.1 Å². The van der Waals surface area contributed by atoms with Crippen LogP contribution in [0.3, 0.4) is 0 Å². The van der Waals surface area contributed by atoms with Crippen LogP contribution in [0.5, 0.6) is 0 Å². The standard InChI is InChI=1S/C17H19F/c1-11(2)15-6-5-7-16(17(15)18)14-9-12(3)8-13(4)10-14/h5-11H,1-4H3. The minimum atomic E-state index is -0.0856. The van der Waals surface area contributed by atoms with Gasteiger partial charge in [-0.05, 0) is 30.9 Å². The summed E-state index contributed by atoms with van der Waals surface area (Å²) in [5, 5.41) is 0. The van der Waals surface area contributed by atoms with E-state index in [0.29, 0.717) is 5.56 Å². The fourth-order valence-corrected chi connectivity index (χ4v) is 2.35. The molecule has 0 spiro atoms. The van der Waals surface area contributed by atoms with Gasteiger partial charge in [-0.2, -0.15) is 0 Å². The molecule has 94 valence electrons. The monoisotopic (exact) mass is 242 g/mol. The highest BCUT2D eigenvalue weighted by atomic mass is 19.1. The second-order valence-corrected chi connectivity index (χ2v) is 5.24. The number of rotatable bonds is 2. The van der Waals surface area contributed by atoms with Crippen LogP contribution in [0.4, 0.5) is 4.39 Å². The molecule has 0 bridgehead atoms. The van der Waals surface area contributed by atoms with Crippen molar-refractivity contribution in [1.29, 1.82) is 0 Å². The van der Waals surface area contributed by atoms with Crippen molar-refractivity contribution in [3.8, 4) is 11.1 Å². The second kappa shape index (κ2) is 4.93. The SMILES string of the molecule is Cc1cc(C)cc(-c2cccc(C(C)C)c2F)c1. The maximum atomic E-state index is 14.5. The summed E-state index contributed by atoms with van der Waals surface area (Å²) in [4.78, 5) is 0. The molecule has 0 N–H and O–H groups in total. The van der Waals surface area contributed by atoms with Gasteiger partial charge in [-0.3, -0.25) is 0 Å². The predicted molar refractivity (Wildman–Crippen MR) is 75.4 cm³/mol. The van der Waals surface area contributed by atoms with Crippen molar-refractivity contribution in [3.63, 3.8) is 0 Å². The summed E-state index contributed by atoms with van der Waals surface area (Å²) >= 11 is 0. The van der Waals surface area contributed by atoms with Gasteiger partial charge in [0.1, 0.15) is 5.82 Å². The maximum absolute atomic E-state index is 14.5. The van der Waals surface area contributed by atoms with Gasteiger partial charge in [0.2, 0.25) is 0 Å². The van der Waals surface area contributed by atoms with Gasteiger partial charge in [-0.25, -0.2) is 4.39 Å². The minimum Gasteiger partial charge on any atom is -0.206 e. The zero-order valence-electron chi connectivity index (χ0n) is 11.4. The summed E-state index contributed by atoms with van der Waals surface area (Å²) in [6.07, 6.45) is 0. The van der Waals surface area contributed by atoms with E-state index in [9.17, 15) is 4.39 Å². The van der Waals surface area contributed by atoms with Crippen LogP contribution >= 0.6 is 0 Å². The van der Waals surface area contributed by atoms with Gasteiger partial charge < -0.3 is 0 Å². The largest absolute Gasteiger partial charge is 0.206 e. The molecule has 0 heterocycles. The summed E-state index contributed by atoms with van der Waals surface area (Å²) in [6.45, 7) is 8.12. The first-order valence-electron chi connectivity index (χ1n) is 6.36. The lowest BCUT2D eigenvalue weighted by Gasteiger charge is -2.12. The first-order chi connectivity index (χ1) is 8.49. The Morgan fingerprint density at radius 3 is 2.11 bits per heavy atom. The molecule has 2 aromatic carbocycles. The second-order valence-electron chi connectivity index (χ2n) is 5.24. The zero-order chi connectivity index (χ0) is 13.3. The molecule has 0 radical (unpaired) electrons. The fraction of sp³-hybridized carbons (Fsp3) is 0.294. The van der Waals surface area contributed by atoms with Gasteiger partial charge in [-0.15, -0.1) is 0 Å². The Labute approximate surface area is 108 Å². The molecule has 0 saturated heterocycles. The van der Waals surface area contributed by atoms with Crippen LogP contribution in [0.15, 0.2) is 36.4 Å². The fourth-order valence-electron chi connectivity index (χ4n) is 2.35. The Bertz CT molecular complexity index is 548. The Morgan fingerprint density at radius 1 is 0.944 bits per heavy atom. The Kier molecular flexibility index (Phi) is 3.51. The highest BCUT2D eigenvalue weighted by Gasteiger charge is 2.12. The molecule has 0 saturated carbocycles. The average molecular weight is 242 g/mol. The van der Waals surface area contributed by atoms with Gasteiger partial charge >= 0.3 is 0 Å². The topological polar surface area (TPSA) is 0 Å². The summed E-state index contributed by atoms with van der Waals surface area (Å²) in [6, 6.07) is 11.8. The van der Waals surface area contributed by atoms with Crippen LogP contribution in [0, 0.1) is 19.7 Å². The van der Waals surface area contributed by atoms with Gasteiger partial charge in [0, 0.05) is 5.56 Å². The maximum Gasteiger partial charge on any atom is 0.134 e. The van der Waals surface area contributed by atoms with Crippen LogP contribution in [-0.2, 0) is 0 Å². The lowest BCUT2D eigenvalue weighted by molar-refractivity contribution is 0.602. The summed E-state index contributed by atoms with van der Waals surface area (Å²) < 4.78 is 14.5. The van der Waals surface area contributed by atoms with Crippen molar-refractivity contribution in [2.24, 2.45) is 0 Å². The molecule has 0 nitrogen and oxygen atoms in total. The summed E-state index contributed by atoms with van der Waals surface area (Å²) in [5.74, 6) is 0.119. The molecule has 0 aliphatic heterocycles. The van der Waals surface area contributed by atoms with Crippen LogP contribution in [-0.4, -0.2) is 0 Å². The van der Waals surface area contributed by atoms with E-state index in [4.69, 9.17) is 0 Å². The molecule has 1 heteroatoms. The van der Waals surface area contributed by atoms with Crippen LogP contribution < -0.4 is 0 Å². The van der Waals surface area contributed by atoms with Crippen molar-refractivity contribution in [1.82, 2.24) is 0 Å². The normalized spacial score (nSPS) is 11.0. The van der Waals surface area contributed by atoms with Gasteiger partial charge in [-0.1, -0.05) is 61.4 Å². The number of hydrogen-bond donors (Lipinski definition) is 0. The van der Waals surface area contributed by atoms with E-state index in [-0.39, 0.29) is 11.7 Å². The van der Waals surface area contributed by atoms with Gasteiger partial charge in [0.05, 0.1) is 0 Å². The Hall–Kier alpha value is -1.63. The van der Waals surface area contributed by atoms with E-state index in [1.807, 2.05) is 58.0 Å². The third kappa shape index (κ3) is 2.45. The number of benzene rings is 2.